The van der Waals surface area contributed by atoms with Gasteiger partial charge in [-0.3, -0.25) is 4.98 Å². The van der Waals surface area contributed by atoms with Crippen LogP contribution in [0.3, 0.4) is 0 Å². The predicted octanol–water partition coefficient (Wildman–Crippen LogP) is 3.30. The summed E-state index contributed by atoms with van der Waals surface area (Å²) in [6.07, 6.45) is 3.73. The molecule has 1 aromatic heterocycles. The van der Waals surface area contributed by atoms with Gasteiger partial charge in [-0.25, -0.2) is 0 Å². The third-order valence-electron chi connectivity index (χ3n) is 2.01. The number of pyridine rings is 1. The molecule has 72 valence electrons. The lowest BCUT2D eigenvalue weighted by atomic mass is 10.2. The Bertz CT molecular complexity index is 480. The molecule has 2 N–H and O–H groups in total. The van der Waals surface area contributed by atoms with Gasteiger partial charge in [0.15, 0.2) is 0 Å². The Morgan fingerprint density at radius 2 is 2.21 bits per heavy atom. The molecule has 0 aliphatic rings. The first kappa shape index (κ1) is 9.80. The van der Waals surface area contributed by atoms with Gasteiger partial charge in [-0.1, -0.05) is 15.9 Å². The second-order valence-corrected chi connectivity index (χ2v) is 4.64. The highest BCUT2D eigenvalue weighted by Crippen LogP contribution is 2.31. The fourth-order valence-electron chi connectivity index (χ4n) is 1.38. The largest absolute Gasteiger partial charge is 0.397 e. The molecular formula is C10H9BrN2S. The van der Waals surface area contributed by atoms with Crippen molar-refractivity contribution in [1.82, 2.24) is 4.98 Å². The standard InChI is InChI=1S/C10H9BrN2S/c1-14-10-7-4-6(11)2-3-9(7)13-5-8(10)12/h2-5H,12H2,1H3. The highest BCUT2D eigenvalue weighted by atomic mass is 79.9. The van der Waals surface area contributed by atoms with Crippen molar-refractivity contribution in [3.8, 4) is 0 Å². The number of rotatable bonds is 1. The molecule has 0 saturated carbocycles. The maximum atomic E-state index is 5.85. The zero-order chi connectivity index (χ0) is 10.1. The summed E-state index contributed by atoms with van der Waals surface area (Å²) < 4.78 is 1.05. The summed E-state index contributed by atoms with van der Waals surface area (Å²) >= 11 is 5.09. The summed E-state index contributed by atoms with van der Waals surface area (Å²) in [5.74, 6) is 0. The van der Waals surface area contributed by atoms with Crippen LogP contribution >= 0.6 is 27.7 Å². The Balaban J connectivity index is 2.84. The highest BCUT2D eigenvalue weighted by molar-refractivity contribution is 9.10. The Kier molecular flexibility index (Phi) is 2.65. The van der Waals surface area contributed by atoms with Crippen molar-refractivity contribution in [2.24, 2.45) is 0 Å². The van der Waals surface area contributed by atoms with Crippen molar-refractivity contribution in [2.75, 3.05) is 12.0 Å². The van der Waals surface area contributed by atoms with Crippen LogP contribution in [0.5, 0.6) is 0 Å². The van der Waals surface area contributed by atoms with E-state index in [9.17, 15) is 0 Å². The van der Waals surface area contributed by atoms with E-state index in [0.29, 0.717) is 0 Å². The van der Waals surface area contributed by atoms with Crippen molar-refractivity contribution in [3.05, 3.63) is 28.9 Å². The molecule has 4 heteroatoms. The first-order chi connectivity index (χ1) is 6.72. The van der Waals surface area contributed by atoms with E-state index in [2.05, 4.69) is 20.9 Å². The number of nitrogens with two attached hydrogens (primary N) is 1. The summed E-state index contributed by atoms with van der Waals surface area (Å²) in [5, 5.41) is 1.10. The van der Waals surface area contributed by atoms with Gasteiger partial charge < -0.3 is 5.73 Å². The molecule has 0 unspecified atom stereocenters. The molecule has 2 aromatic rings. The van der Waals surface area contributed by atoms with Gasteiger partial charge in [0.25, 0.3) is 0 Å². The van der Waals surface area contributed by atoms with Gasteiger partial charge in [-0.2, -0.15) is 0 Å². The van der Waals surface area contributed by atoms with Crippen LogP contribution in [-0.4, -0.2) is 11.2 Å². The Labute approximate surface area is 95.0 Å². The minimum absolute atomic E-state index is 0.739. The van der Waals surface area contributed by atoms with Crippen LogP contribution < -0.4 is 5.73 Å². The van der Waals surface area contributed by atoms with Crippen molar-refractivity contribution < 1.29 is 0 Å². The zero-order valence-corrected chi connectivity index (χ0v) is 10.0. The molecule has 0 aliphatic carbocycles. The van der Waals surface area contributed by atoms with Crippen molar-refractivity contribution >= 4 is 44.3 Å². The minimum atomic E-state index is 0.739. The van der Waals surface area contributed by atoms with E-state index in [1.54, 1.807) is 18.0 Å². The molecule has 0 saturated heterocycles. The molecule has 14 heavy (non-hydrogen) atoms. The SMILES string of the molecule is CSc1c(N)cnc2ccc(Br)cc12. The van der Waals surface area contributed by atoms with E-state index in [0.717, 1.165) is 26.0 Å². The normalized spacial score (nSPS) is 10.7. The predicted molar refractivity (Wildman–Crippen MR) is 65.6 cm³/mol. The second-order valence-electron chi connectivity index (χ2n) is 2.91. The molecule has 0 bridgehead atoms. The lowest BCUT2D eigenvalue weighted by Gasteiger charge is -2.06. The van der Waals surface area contributed by atoms with Crippen LogP contribution in [-0.2, 0) is 0 Å². The van der Waals surface area contributed by atoms with Crippen LogP contribution in [0.2, 0.25) is 0 Å². The molecule has 0 aliphatic heterocycles. The Morgan fingerprint density at radius 1 is 1.43 bits per heavy atom. The van der Waals surface area contributed by atoms with Crippen LogP contribution in [0.4, 0.5) is 5.69 Å². The number of hydrogen-bond acceptors (Lipinski definition) is 3. The zero-order valence-electron chi connectivity index (χ0n) is 7.62. The van der Waals surface area contributed by atoms with E-state index < -0.39 is 0 Å². The lowest BCUT2D eigenvalue weighted by molar-refractivity contribution is 1.36. The number of benzene rings is 1. The van der Waals surface area contributed by atoms with Gasteiger partial charge in [-0.15, -0.1) is 11.8 Å². The van der Waals surface area contributed by atoms with Crippen molar-refractivity contribution in [1.29, 1.82) is 0 Å². The summed E-state index contributed by atoms with van der Waals surface area (Å²) in [6, 6.07) is 6.01. The lowest BCUT2D eigenvalue weighted by Crippen LogP contribution is -1.91. The minimum Gasteiger partial charge on any atom is -0.397 e. The van der Waals surface area contributed by atoms with Gasteiger partial charge in [0.2, 0.25) is 0 Å². The van der Waals surface area contributed by atoms with Gasteiger partial charge in [0, 0.05) is 14.8 Å². The summed E-state index contributed by atoms with van der Waals surface area (Å²) in [7, 11) is 0. The van der Waals surface area contributed by atoms with Crippen LogP contribution in [0.1, 0.15) is 0 Å². The van der Waals surface area contributed by atoms with Crippen LogP contribution in [0.25, 0.3) is 10.9 Å². The molecule has 0 amide bonds. The van der Waals surface area contributed by atoms with Gasteiger partial charge in [0.05, 0.1) is 17.4 Å². The molecule has 0 atom stereocenters. The van der Waals surface area contributed by atoms with E-state index >= 15 is 0 Å². The van der Waals surface area contributed by atoms with Crippen molar-refractivity contribution in [2.45, 2.75) is 4.90 Å². The smallest absolute Gasteiger partial charge is 0.0715 e. The number of aromatic nitrogens is 1. The third-order valence-corrected chi connectivity index (χ3v) is 3.37. The molecular weight excluding hydrogens is 260 g/mol. The first-order valence-corrected chi connectivity index (χ1v) is 6.12. The van der Waals surface area contributed by atoms with Gasteiger partial charge >= 0.3 is 0 Å². The number of nitrogens with zero attached hydrogens (tertiary/aromatic N) is 1. The monoisotopic (exact) mass is 268 g/mol. The maximum absolute atomic E-state index is 5.85. The number of thioether (sulfide) groups is 1. The topological polar surface area (TPSA) is 38.9 Å². The molecule has 0 radical (unpaired) electrons. The Hall–Kier alpha value is -0.740. The molecule has 1 heterocycles. The number of nitrogen functional groups attached to an aromatic ring is 1. The summed E-state index contributed by atoms with van der Waals surface area (Å²) in [5.41, 5.74) is 7.57. The van der Waals surface area contributed by atoms with E-state index in [1.807, 2.05) is 24.5 Å². The van der Waals surface area contributed by atoms with Crippen molar-refractivity contribution in [3.63, 3.8) is 0 Å². The second kappa shape index (κ2) is 3.79. The molecule has 1 aromatic carbocycles. The average molecular weight is 269 g/mol. The highest BCUT2D eigenvalue weighted by Gasteiger charge is 2.05. The van der Waals surface area contributed by atoms with E-state index in [-0.39, 0.29) is 0 Å². The number of fused-ring (bicyclic) bond motifs is 1. The van der Waals surface area contributed by atoms with E-state index in [1.165, 1.54) is 0 Å². The first-order valence-electron chi connectivity index (χ1n) is 4.10. The molecule has 2 nitrogen and oxygen atoms in total. The number of halogens is 1. The Morgan fingerprint density at radius 3 is 2.93 bits per heavy atom. The average Bonchev–Trinajstić information content (AvgIpc) is 2.17. The van der Waals surface area contributed by atoms with Gasteiger partial charge in [-0.05, 0) is 24.5 Å². The van der Waals surface area contributed by atoms with Crippen LogP contribution in [0.15, 0.2) is 33.8 Å². The quantitative estimate of drug-likeness (QED) is 0.807. The summed E-state index contributed by atoms with van der Waals surface area (Å²) in [6.45, 7) is 0. The fraction of sp³-hybridized carbons (Fsp3) is 0.100. The number of anilines is 1. The number of hydrogen-bond donors (Lipinski definition) is 1. The summed E-state index contributed by atoms with van der Waals surface area (Å²) in [4.78, 5) is 5.37. The van der Waals surface area contributed by atoms with E-state index in [4.69, 9.17) is 5.73 Å². The maximum Gasteiger partial charge on any atom is 0.0715 e. The van der Waals surface area contributed by atoms with Gasteiger partial charge in [0.1, 0.15) is 0 Å². The molecule has 0 fully saturated rings. The third kappa shape index (κ3) is 1.60. The molecule has 2 rings (SSSR count). The molecule has 0 spiro atoms. The van der Waals surface area contributed by atoms with Crippen LogP contribution in [0, 0.1) is 0 Å². The fourth-order valence-corrected chi connectivity index (χ4v) is 2.42.